The zero-order valence-corrected chi connectivity index (χ0v) is 11.4. The molecule has 0 radical (unpaired) electrons. The van der Waals surface area contributed by atoms with E-state index in [0.717, 1.165) is 12.2 Å². The highest BCUT2D eigenvalue weighted by atomic mass is 35.5. The van der Waals surface area contributed by atoms with Gasteiger partial charge in [0.2, 0.25) is 0 Å². The lowest BCUT2D eigenvalue weighted by atomic mass is 10.0. The van der Waals surface area contributed by atoms with Crippen LogP contribution < -0.4 is 10.6 Å². The molecule has 0 saturated carbocycles. The minimum absolute atomic E-state index is 0.0321. The number of nitrogens with one attached hydrogen (secondary N) is 1. The van der Waals surface area contributed by atoms with Gasteiger partial charge in [-0.3, -0.25) is 5.41 Å². The Morgan fingerprint density at radius 3 is 2.78 bits per heavy atom. The van der Waals surface area contributed by atoms with E-state index in [1.54, 1.807) is 6.07 Å². The number of hydrogen-bond donors (Lipinski definition) is 2. The average Bonchev–Trinajstić information content (AvgIpc) is 2.29. The van der Waals surface area contributed by atoms with Gasteiger partial charge in [0.25, 0.3) is 0 Å². The van der Waals surface area contributed by atoms with Crippen LogP contribution in [0, 0.1) is 5.41 Å². The summed E-state index contributed by atoms with van der Waals surface area (Å²) in [6.07, 6.45) is 0. The van der Waals surface area contributed by atoms with Crippen molar-refractivity contribution < 1.29 is 4.74 Å². The largest absolute Gasteiger partial charge is 0.384 e. The molecular formula is C13H18ClN3O. The first-order valence-corrected chi connectivity index (χ1v) is 6.29. The van der Waals surface area contributed by atoms with Crippen LogP contribution in [-0.2, 0) is 4.74 Å². The Morgan fingerprint density at radius 1 is 1.50 bits per heavy atom. The highest BCUT2D eigenvalue weighted by Crippen LogP contribution is 2.33. The number of rotatable bonds is 2. The van der Waals surface area contributed by atoms with Crippen molar-refractivity contribution >= 4 is 23.1 Å². The van der Waals surface area contributed by atoms with Gasteiger partial charge in [-0.1, -0.05) is 11.6 Å². The van der Waals surface area contributed by atoms with Gasteiger partial charge in [0.1, 0.15) is 5.84 Å². The van der Waals surface area contributed by atoms with Crippen LogP contribution >= 0.6 is 11.6 Å². The lowest BCUT2D eigenvalue weighted by Crippen LogP contribution is -2.53. The molecule has 0 atom stereocenters. The first kappa shape index (κ1) is 13.2. The van der Waals surface area contributed by atoms with Crippen LogP contribution in [0.2, 0.25) is 5.02 Å². The Bertz CT molecular complexity index is 473. The summed E-state index contributed by atoms with van der Waals surface area (Å²) < 4.78 is 5.50. The van der Waals surface area contributed by atoms with Crippen molar-refractivity contribution in [3.63, 3.8) is 0 Å². The molecule has 1 saturated heterocycles. The summed E-state index contributed by atoms with van der Waals surface area (Å²) >= 11 is 6.30. The molecule has 0 unspecified atom stereocenters. The second-order valence-electron chi connectivity index (χ2n) is 5.10. The van der Waals surface area contributed by atoms with E-state index < -0.39 is 0 Å². The Labute approximate surface area is 112 Å². The fourth-order valence-electron chi connectivity index (χ4n) is 2.20. The van der Waals surface area contributed by atoms with E-state index in [9.17, 15) is 0 Å². The molecule has 18 heavy (non-hydrogen) atoms. The zero-order valence-electron chi connectivity index (χ0n) is 10.7. The Morgan fingerprint density at radius 2 is 2.22 bits per heavy atom. The van der Waals surface area contributed by atoms with Gasteiger partial charge in [-0.05, 0) is 32.0 Å². The third kappa shape index (κ3) is 2.44. The molecule has 0 bridgehead atoms. The predicted octanol–water partition coefficient (Wildman–Crippen LogP) is 2.24. The fourth-order valence-corrected chi connectivity index (χ4v) is 2.48. The summed E-state index contributed by atoms with van der Waals surface area (Å²) in [5, 5.41) is 8.03. The maximum Gasteiger partial charge on any atom is 0.122 e. The third-order valence-corrected chi connectivity index (χ3v) is 3.50. The van der Waals surface area contributed by atoms with Gasteiger partial charge in [0.05, 0.1) is 29.5 Å². The molecule has 0 aromatic heterocycles. The lowest BCUT2D eigenvalue weighted by molar-refractivity contribution is 0.0644. The summed E-state index contributed by atoms with van der Waals surface area (Å²) in [5.74, 6) is 0.0321. The fraction of sp³-hybridized carbons (Fsp3) is 0.462. The third-order valence-electron chi connectivity index (χ3n) is 3.19. The van der Waals surface area contributed by atoms with Gasteiger partial charge < -0.3 is 15.4 Å². The van der Waals surface area contributed by atoms with Gasteiger partial charge in [-0.25, -0.2) is 0 Å². The summed E-state index contributed by atoms with van der Waals surface area (Å²) in [7, 11) is 0. The molecule has 98 valence electrons. The molecule has 0 aliphatic carbocycles. The van der Waals surface area contributed by atoms with Crippen LogP contribution in [0.5, 0.6) is 0 Å². The van der Waals surface area contributed by atoms with Gasteiger partial charge >= 0.3 is 0 Å². The van der Waals surface area contributed by atoms with Crippen molar-refractivity contribution in [2.24, 2.45) is 5.73 Å². The Hall–Kier alpha value is -1.26. The molecule has 0 amide bonds. The number of amidine groups is 1. The predicted molar refractivity (Wildman–Crippen MR) is 74.7 cm³/mol. The molecular weight excluding hydrogens is 250 g/mol. The van der Waals surface area contributed by atoms with E-state index in [1.807, 2.05) is 12.1 Å². The van der Waals surface area contributed by atoms with Crippen molar-refractivity contribution in [2.45, 2.75) is 19.4 Å². The maximum atomic E-state index is 7.41. The summed E-state index contributed by atoms with van der Waals surface area (Å²) in [6.45, 7) is 6.45. The van der Waals surface area contributed by atoms with Gasteiger partial charge in [0.15, 0.2) is 0 Å². The maximum absolute atomic E-state index is 7.41. The number of benzene rings is 1. The monoisotopic (exact) mass is 267 g/mol. The minimum Gasteiger partial charge on any atom is -0.384 e. The van der Waals surface area contributed by atoms with Crippen molar-refractivity contribution in [1.29, 1.82) is 5.41 Å². The number of nitrogens with two attached hydrogens (primary N) is 1. The number of nitrogens with zero attached hydrogens (tertiary/aromatic N) is 1. The second-order valence-corrected chi connectivity index (χ2v) is 5.50. The van der Waals surface area contributed by atoms with Crippen LogP contribution in [-0.4, -0.2) is 31.1 Å². The molecule has 1 aromatic carbocycles. The SMILES string of the molecule is CC1(C)COCCN1c1ccc(C(=N)N)cc1Cl. The number of morpholine rings is 1. The summed E-state index contributed by atoms with van der Waals surface area (Å²) in [4.78, 5) is 2.24. The summed E-state index contributed by atoms with van der Waals surface area (Å²) in [6, 6.07) is 5.49. The molecule has 2 rings (SSSR count). The van der Waals surface area contributed by atoms with Crippen molar-refractivity contribution in [2.75, 3.05) is 24.7 Å². The van der Waals surface area contributed by atoms with Crippen LogP contribution in [0.4, 0.5) is 5.69 Å². The van der Waals surface area contributed by atoms with E-state index in [1.165, 1.54) is 0 Å². The smallest absolute Gasteiger partial charge is 0.122 e. The molecule has 5 heteroatoms. The van der Waals surface area contributed by atoms with Crippen LogP contribution in [0.15, 0.2) is 18.2 Å². The van der Waals surface area contributed by atoms with E-state index in [0.29, 0.717) is 23.8 Å². The quantitative estimate of drug-likeness (QED) is 0.638. The molecule has 1 fully saturated rings. The molecule has 0 spiro atoms. The number of ether oxygens (including phenoxy) is 1. The number of halogens is 1. The second kappa shape index (κ2) is 4.78. The molecule has 1 aliphatic rings. The van der Waals surface area contributed by atoms with E-state index in [-0.39, 0.29) is 11.4 Å². The molecule has 1 heterocycles. The summed E-state index contributed by atoms with van der Waals surface area (Å²) in [5.41, 5.74) is 6.99. The van der Waals surface area contributed by atoms with Crippen LogP contribution in [0.1, 0.15) is 19.4 Å². The standard InChI is InChI=1S/C13H18ClN3O/c1-13(2)8-18-6-5-17(13)11-4-3-9(12(15)16)7-10(11)14/h3-4,7H,5-6,8H2,1-2H3,(H3,15,16). The minimum atomic E-state index is -0.0837. The number of hydrogen-bond acceptors (Lipinski definition) is 3. The molecule has 1 aliphatic heterocycles. The van der Waals surface area contributed by atoms with Crippen LogP contribution in [0.25, 0.3) is 0 Å². The first-order valence-electron chi connectivity index (χ1n) is 5.91. The van der Waals surface area contributed by atoms with Gasteiger partial charge in [0, 0.05) is 12.1 Å². The van der Waals surface area contributed by atoms with Gasteiger partial charge in [-0.15, -0.1) is 0 Å². The van der Waals surface area contributed by atoms with Crippen molar-refractivity contribution in [3.05, 3.63) is 28.8 Å². The van der Waals surface area contributed by atoms with Crippen molar-refractivity contribution in [3.8, 4) is 0 Å². The normalized spacial score (nSPS) is 18.7. The van der Waals surface area contributed by atoms with Gasteiger partial charge in [-0.2, -0.15) is 0 Å². The Kier molecular flexibility index (Phi) is 3.50. The topological polar surface area (TPSA) is 62.3 Å². The lowest BCUT2D eigenvalue weighted by Gasteiger charge is -2.44. The van der Waals surface area contributed by atoms with E-state index in [2.05, 4.69) is 18.7 Å². The van der Waals surface area contributed by atoms with Crippen molar-refractivity contribution in [1.82, 2.24) is 0 Å². The number of nitrogen functional groups attached to an aromatic ring is 1. The van der Waals surface area contributed by atoms with E-state index >= 15 is 0 Å². The molecule has 3 N–H and O–H groups in total. The van der Waals surface area contributed by atoms with E-state index in [4.69, 9.17) is 27.5 Å². The number of anilines is 1. The Balaban J connectivity index is 2.36. The highest BCUT2D eigenvalue weighted by Gasteiger charge is 2.31. The first-order chi connectivity index (χ1) is 8.42. The zero-order chi connectivity index (χ0) is 13.3. The molecule has 1 aromatic rings. The average molecular weight is 268 g/mol. The molecule has 4 nitrogen and oxygen atoms in total. The highest BCUT2D eigenvalue weighted by molar-refractivity contribution is 6.33. The van der Waals surface area contributed by atoms with Crippen LogP contribution in [0.3, 0.4) is 0 Å².